The van der Waals surface area contributed by atoms with E-state index in [1.807, 2.05) is 0 Å². The highest BCUT2D eigenvalue weighted by atomic mass is 19.4. The van der Waals surface area contributed by atoms with Crippen LogP contribution in [-0.2, 0) is 6.18 Å². The molecule has 1 heterocycles. The van der Waals surface area contributed by atoms with Crippen LogP contribution in [0.2, 0.25) is 0 Å². The second-order valence-corrected chi connectivity index (χ2v) is 4.47. The summed E-state index contributed by atoms with van der Waals surface area (Å²) in [6.45, 7) is 0.554. The molecule has 3 N–H and O–H groups in total. The van der Waals surface area contributed by atoms with Gasteiger partial charge in [-0.3, -0.25) is 0 Å². The molecular formula is C14H15F3N4O. The highest BCUT2D eigenvalue weighted by Gasteiger charge is 2.30. The fourth-order valence-electron chi connectivity index (χ4n) is 1.71. The van der Waals surface area contributed by atoms with Gasteiger partial charge in [-0.1, -0.05) is 6.07 Å². The molecule has 0 saturated heterocycles. The molecule has 0 radical (unpaired) electrons. The van der Waals surface area contributed by atoms with Gasteiger partial charge in [0.05, 0.1) is 5.56 Å². The smallest absolute Gasteiger partial charge is 0.396 e. The molecule has 0 aliphatic rings. The number of anilines is 3. The van der Waals surface area contributed by atoms with Gasteiger partial charge in [-0.25, -0.2) is 4.98 Å². The summed E-state index contributed by atoms with van der Waals surface area (Å²) in [6.07, 6.45) is -2.35. The van der Waals surface area contributed by atoms with E-state index >= 15 is 0 Å². The average Bonchev–Trinajstić information content (AvgIpc) is 2.47. The summed E-state index contributed by atoms with van der Waals surface area (Å²) in [7, 11) is 0. The number of halogens is 3. The molecule has 0 atom stereocenters. The SMILES string of the molecule is OCCCNc1nccc(Nc2cccc(C(F)(F)F)c2)n1. The molecule has 0 fully saturated rings. The van der Waals surface area contributed by atoms with Gasteiger partial charge in [0.25, 0.3) is 0 Å². The van der Waals surface area contributed by atoms with Crippen LogP contribution < -0.4 is 10.6 Å². The fraction of sp³-hybridized carbons (Fsp3) is 0.286. The molecular weight excluding hydrogens is 297 g/mol. The molecule has 2 aromatic rings. The lowest BCUT2D eigenvalue weighted by atomic mass is 10.2. The van der Waals surface area contributed by atoms with Crippen molar-refractivity contribution in [1.29, 1.82) is 0 Å². The Bertz CT molecular complexity index is 619. The molecule has 1 aromatic heterocycles. The molecule has 0 spiro atoms. The number of nitrogens with zero attached hydrogens (tertiary/aromatic N) is 2. The van der Waals surface area contributed by atoms with E-state index in [4.69, 9.17) is 5.11 Å². The Labute approximate surface area is 125 Å². The average molecular weight is 312 g/mol. The van der Waals surface area contributed by atoms with Gasteiger partial charge in [-0.2, -0.15) is 18.2 Å². The number of nitrogens with one attached hydrogen (secondary N) is 2. The molecule has 0 amide bonds. The van der Waals surface area contributed by atoms with Crippen LogP contribution in [0, 0.1) is 0 Å². The highest BCUT2D eigenvalue weighted by molar-refractivity contribution is 5.58. The van der Waals surface area contributed by atoms with E-state index in [1.165, 1.54) is 18.3 Å². The van der Waals surface area contributed by atoms with E-state index in [-0.39, 0.29) is 12.3 Å². The largest absolute Gasteiger partial charge is 0.416 e. The van der Waals surface area contributed by atoms with Crippen LogP contribution in [0.15, 0.2) is 36.5 Å². The molecule has 118 valence electrons. The predicted octanol–water partition coefficient (Wildman–Crippen LogP) is 3.03. The number of hydrogen-bond acceptors (Lipinski definition) is 5. The van der Waals surface area contributed by atoms with Crippen molar-refractivity contribution in [3.05, 3.63) is 42.1 Å². The maximum absolute atomic E-state index is 12.7. The summed E-state index contributed by atoms with van der Waals surface area (Å²) in [5.74, 6) is 0.714. The van der Waals surface area contributed by atoms with Gasteiger partial charge >= 0.3 is 6.18 Å². The first-order valence-corrected chi connectivity index (χ1v) is 6.61. The zero-order chi connectivity index (χ0) is 16.0. The van der Waals surface area contributed by atoms with Crippen molar-refractivity contribution in [2.75, 3.05) is 23.8 Å². The molecule has 0 aliphatic heterocycles. The number of aliphatic hydroxyl groups excluding tert-OH is 1. The Morgan fingerprint density at radius 2 is 2.00 bits per heavy atom. The third-order valence-corrected chi connectivity index (χ3v) is 2.74. The predicted molar refractivity (Wildman–Crippen MR) is 77.0 cm³/mol. The van der Waals surface area contributed by atoms with Crippen molar-refractivity contribution in [2.45, 2.75) is 12.6 Å². The Hall–Kier alpha value is -2.35. The maximum Gasteiger partial charge on any atom is 0.416 e. The number of hydrogen-bond donors (Lipinski definition) is 3. The fourth-order valence-corrected chi connectivity index (χ4v) is 1.71. The molecule has 0 bridgehead atoms. The Balaban J connectivity index is 2.09. The second kappa shape index (κ2) is 7.08. The van der Waals surface area contributed by atoms with E-state index in [0.29, 0.717) is 24.7 Å². The van der Waals surface area contributed by atoms with E-state index in [9.17, 15) is 13.2 Å². The standard InChI is InChI=1S/C14H15F3N4O/c15-14(16,17)10-3-1-4-11(9-10)20-12-5-7-19-13(21-12)18-6-2-8-22/h1,3-5,7,9,22H,2,6,8H2,(H2,18,19,20,21). The number of aliphatic hydroxyl groups is 1. The first-order valence-electron chi connectivity index (χ1n) is 6.61. The van der Waals surface area contributed by atoms with Gasteiger partial charge in [0, 0.05) is 25.0 Å². The van der Waals surface area contributed by atoms with Gasteiger partial charge < -0.3 is 15.7 Å². The topological polar surface area (TPSA) is 70.1 Å². The Morgan fingerprint density at radius 3 is 2.73 bits per heavy atom. The molecule has 5 nitrogen and oxygen atoms in total. The lowest BCUT2D eigenvalue weighted by Crippen LogP contribution is -2.08. The van der Waals surface area contributed by atoms with E-state index in [0.717, 1.165) is 12.1 Å². The number of benzene rings is 1. The van der Waals surface area contributed by atoms with E-state index < -0.39 is 11.7 Å². The quantitative estimate of drug-likeness (QED) is 0.715. The number of rotatable bonds is 6. The Kier molecular flexibility index (Phi) is 5.16. The molecule has 8 heteroatoms. The third-order valence-electron chi connectivity index (χ3n) is 2.74. The van der Waals surface area contributed by atoms with Crippen molar-refractivity contribution in [3.8, 4) is 0 Å². The monoisotopic (exact) mass is 312 g/mol. The molecule has 0 unspecified atom stereocenters. The van der Waals surface area contributed by atoms with Crippen LogP contribution in [-0.4, -0.2) is 28.2 Å². The Morgan fingerprint density at radius 1 is 1.18 bits per heavy atom. The van der Waals surface area contributed by atoms with Crippen LogP contribution in [0.1, 0.15) is 12.0 Å². The van der Waals surface area contributed by atoms with Gasteiger partial charge in [0.2, 0.25) is 5.95 Å². The van der Waals surface area contributed by atoms with Crippen molar-refractivity contribution in [1.82, 2.24) is 9.97 Å². The van der Waals surface area contributed by atoms with Crippen molar-refractivity contribution in [3.63, 3.8) is 0 Å². The summed E-state index contributed by atoms with van der Waals surface area (Å²) in [5, 5.41) is 14.4. The van der Waals surface area contributed by atoms with Crippen LogP contribution in [0.3, 0.4) is 0 Å². The number of alkyl halides is 3. The maximum atomic E-state index is 12.7. The minimum Gasteiger partial charge on any atom is -0.396 e. The van der Waals surface area contributed by atoms with Crippen LogP contribution >= 0.6 is 0 Å². The highest BCUT2D eigenvalue weighted by Crippen LogP contribution is 2.31. The van der Waals surface area contributed by atoms with Crippen molar-refractivity contribution >= 4 is 17.5 Å². The first kappa shape index (κ1) is 16.0. The van der Waals surface area contributed by atoms with Crippen LogP contribution in [0.4, 0.5) is 30.6 Å². The molecule has 0 saturated carbocycles. The summed E-state index contributed by atoms with van der Waals surface area (Å²) in [6, 6.07) is 6.43. The normalized spacial score (nSPS) is 11.3. The van der Waals surface area contributed by atoms with Gasteiger partial charge in [0.15, 0.2) is 0 Å². The third kappa shape index (κ3) is 4.59. The minimum atomic E-state index is -4.39. The lowest BCUT2D eigenvalue weighted by Gasteiger charge is -2.11. The van der Waals surface area contributed by atoms with Gasteiger partial charge in [-0.05, 0) is 30.7 Å². The van der Waals surface area contributed by atoms with Crippen molar-refractivity contribution < 1.29 is 18.3 Å². The zero-order valence-corrected chi connectivity index (χ0v) is 11.6. The molecule has 1 aromatic carbocycles. The second-order valence-electron chi connectivity index (χ2n) is 4.47. The first-order chi connectivity index (χ1) is 10.5. The summed E-state index contributed by atoms with van der Waals surface area (Å²) in [4.78, 5) is 8.12. The summed E-state index contributed by atoms with van der Waals surface area (Å²) >= 11 is 0. The minimum absolute atomic E-state index is 0.0508. The molecule has 2 rings (SSSR count). The van der Waals surface area contributed by atoms with E-state index in [1.54, 1.807) is 6.07 Å². The summed E-state index contributed by atoms with van der Waals surface area (Å²) < 4.78 is 38.0. The number of aromatic nitrogens is 2. The van der Waals surface area contributed by atoms with Gasteiger partial charge in [-0.15, -0.1) is 0 Å². The van der Waals surface area contributed by atoms with E-state index in [2.05, 4.69) is 20.6 Å². The summed E-state index contributed by atoms with van der Waals surface area (Å²) in [5.41, 5.74) is -0.442. The zero-order valence-electron chi connectivity index (χ0n) is 11.6. The molecule has 22 heavy (non-hydrogen) atoms. The van der Waals surface area contributed by atoms with Gasteiger partial charge in [0.1, 0.15) is 5.82 Å². The van der Waals surface area contributed by atoms with Crippen LogP contribution in [0.5, 0.6) is 0 Å². The molecule has 0 aliphatic carbocycles. The van der Waals surface area contributed by atoms with Crippen molar-refractivity contribution in [2.24, 2.45) is 0 Å². The lowest BCUT2D eigenvalue weighted by molar-refractivity contribution is -0.137. The van der Waals surface area contributed by atoms with Crippen LogP contribution in [0.25, 0.3) is 0 Å².